The number of hydrogen-bond acceptors (Lipinski definition) is 3. The largest absolute Gasteiger partial charge is 0.380 e. The van der Waals surface area contributed by atoms with Gasteiger partial charge in [0.2, 0.25) is 0 Å². The van der Waals surface area contributed by atoms with Crippen molar-refractivity contribution in [3.8, 4) is 0 Å². The summed E-state index contributed by atoms with van der Waals surface area (Å²) in [5, 5.41) is 0. The fraction of sp³-hybridized carbons (Fsp3) is 0.500. The fourth-order valence-corrected chi connectivity index (χ4v) is 2.29. The van der Waals surface area contributed by atoms with Crippen molar-refractivity contribution >= 4 is 5.78 Å². The van der Waals surface area contributed by atoms with E-state index in [1.165, 1.54) is 6.07 Å². The Morgan fingerprint density at radius 3 is 2.94 bits per heavy atom. The fourth-order valence-electron chi connectivity index (χ4n) is 2.29. The Morgan fingerprint density at radius 1 is 1.50 bits per heavy atom. The van der Waals surface area contributed by atoms with Crippen LogP contribution in [0.4, 0.5) is 4.39 Å². The molecule has 1 aliphatic heterocycles. The average molecular weight is 251 g/mol. The maximum Gasteiger partial charge on any atom is 0.151 e. The van der Waals surface area contributed by atoms with Crippen LogP contribution >= 0.6 is 0 Å². The molecule has 1 unspecified atom stereocenters. The molecule has 1 aromatic carbocycles. The minimum absolute atomic E-state index is 0.0526. The summed E-state index contributed by atoms with van der Waals surface area (Å²) in [6, 6.07) is 6.43. The van der Waals surface area contributed by atoms with Gasteiger partial charge in [-0.2, -0.15) is 0 Å². The summed E-state index contributed by atoms with van der Waals surface area (Å²) >= 11 is 0. The van der Waals surface area contributed by atoms with Crippen LogP contribution in [0.1, 0.15) is 12.0 Å². The van der Waals surface area contributed by atoms with Gasteiger partial charge in [-0.3, -0.25) is 9.69 Å². The predicted octanol–water partition coefficient (Wildman–Crippen LogP) is 1.66. The number of rotatable bonds is 5. The minimum atomic E-state index is -0.304. The maximum atomic E-state index is 13.4. The molecule has 0 aromatic heterocycles. The Hall–Kier alpha value is -1.26. The first-order valence-electron chi connectivity index (χ1n) is 6.19. The standard InChI is InChI=1S/C14H18FNO2/c1-18-13-6-7-16(10-13)9-12(17)8-11-4-2-3-5-14(11)15/h2-5,13H,6-10H2,1H3. The summed E-state index contributed by atoms with van der Waals surface area (Å²) in [6.07, 6.45) is 1.36. The summed E-state index contributed by atoms with van der Waals surface area (Å²) in [4.78, 5) is 13.9. The van der Waals surface area contributed by atoms with E-state index in [4.69, 9.17) is 4.74 Å². The first-order chi connectivity index (χ1) is 8.69. The zero-order chi connectivity index (χ0) is 13.0. The maximum absolute atomic E-state index is 13.4. The monoisotopic (exact) mass is 251 g/mol. The van der Waals surface area contributed by atoms with Gasteiger partial charge in [0.15, 0.2) is 5.78 Å². The molecule has 1 saturated heterocycles. The van der Waals surface area contributed by atoms with Crippen molar-refractivity contribution < 1.29 is 13.9 Å². The summed E-state index contributed by atoms with van der Waals surface area (Å²) in [6.45, 7) is 2.05. The third kappa shape index (κ3) is 3.37. The molecule has 0 radical (unpaired) electrons. The predicted molar refractivity (Wildman–Crippen MR) is 67.0 cm³/mol. The number of methoxy groups -OCH3 is 1. The smallest absolute Gasteiger partial charge is 0.151 e. The quantitative estimate of drug-likeness (QED) is 0.797. The van der Waals surface area contributed by atoms with Gasteiger partial charge in [0, 0.05) is 26.6 Å². The molecule has 4 heteroatoms. The van der Waals surface area contributed by atoms with E-state index in [0.717, 1.165) is 19.5 Å². The van der Waals surface area contributed by atoms with Crippen molar-refractivity contribution in [2.45, 2.75) is 18.9 Å². The number of ketones is 1. The van der Waals surface area contributed by atoms with Crippen molar-refractivity contribution in [3.05, 3.63) is 35.6 Å². The van der Waals surface area contributed by atoms with Gasteiger partial charge < -0.3 is 4.74 Å². The second-order valence-electron chi connectivity index (χ2n) is 4.69. The van der Waals surface area contributed by atoms with Crippen LogP contribution in [-0.4, -0.2) is 43.5 Å². The molecule has 1 aromatic rings. The normalized spacial score (nSPS) is 20.2. The summed E-state index contributed by atoms with van der Waals surface area (Å²) < 4.78 is 18.6. The van der Waals surface area contributed by atoms with Crippen molar-refractivity contribution in [1.82, 2.24) is 4.90 Å². The molecule has 0 amide bonds. The van der Waals surface area contributed by atoms with Crippen molar-refractivity contribution in [2.24, 2.45) is 0 Å². The molecule has 2 rings (SSSR count). The second-order valence-corrected chi connectivity index (χ2v) is 4.69. The molecule has 1 fully saturated rings. The molecule has 1 aliphatic rings. The van der Waals surface area contributed by atoms with Gasteiger partial charge in [0.05, 0.1) is 12.6 Å². The lowest BCUT2D eigenvalue weighted by atomic mass is 10.1. The molecule has 1 atom stereocenters. The Bertz CT molecular complexity index is 422. The summed E-state index contributed by atoms with van der Waals surface area (Å²) in [5.41, 5.74) is 0.477. The van der Waals surface area contributed by atoms with Crippen LogP contribution in [0, 0.1) is 5.82 Å². The zero-order valence-corrected chi connectivity index (χ0v) is 10.6. The number of ether oxygens (including phenoxy) is 1. The van der Waals surface area contributed by atoms with Crippen molar-refractivity contribution in [3.63, 3.8) is 0 Å². The third-order valence-electron chi connectivity index (χ3n) is 3.31. The van der Waals surface area contributed by atoms with Gasteiger partial charge in [-0.15, -0.1) is 0 Å². The molecule has 1 heterocycles. The molecule has 0 saturated carbocycles. The number of halogens is 1. The van der Waals surface area contributed by atoms with Crippen LogP contribution < -0.4 is 0 Å². The van der Waals surface area contributed by atoms with Gasteiger partial charge in [-0.25, -0.2) is 4.39 Å². The van der Waals surface area contributed by atoms with E-state index in [9.17, 15) is 9.18 Å². The Labute approximate surface area is 107 Å². The van der Waals surface area contributed by atoms with Crippen LogP contribution in [0.3, 0.4) is 0 Å². The molecule has 0 bridgehead atoms. The lowest BCUT2D eigenvalue weighted by Gasteiger charge is -2.14. The van der Waals surface area contributed by atoms with Gasteiger partial charge in [-0.1, -0.05) is 18.2 Å². The highest BCUT2D eigenvalue weighted by molar-refractivity contribution is 5.82. The van der Waals surface area contributed by atoms with Crippen LogP contribution in [0.25, 0.3) is 0 Å². The van der Waals surface area contributed by atoms with Crippen LogP contribution in [0.2, 0.25) is 0 Å². The topological polar surface area (TPSA) is 29.5 Å². The number of carbonyl (C=O) groups excluding carboxylic acids is 1. The minimum Gasteiger partial charge on any atom is -0.380 e. The first kappa shape index (κ1) is 13.2. The number of carbonyl (C=O) groups is 1. The molecular formula is C14H18FNO2. The zero-order valence-electron chi connectivity index (χ0n) is 10.6. The van der Waals surface area contributed by atoms with Crippen LogP contribution in [-0.2, 0) is 16.0 Å². The first-order valence-corrected chi connectivity index (χ1v) is 6.19. The van der Waals surface area contributed by atoms with E-state index < -0.39 is 0 Å². The molecule has 98 valence electrons. The lowest BCUT2D eigenvalue weighted by molar-refractivity contribution is -0.119. The highest BCUT2D eigenvalue weighted by Gasteiger charge is 2.23. The summed E-state index contributed by atoms with van der Waals surface area (Å²) in [5.74, 6) is -0.251. The molecular weight excluding hydrogens is 233 g/mol. The number of likely N-dealkylation sites (tertiary alicyclic amines) is 1. The van der Waals surface area contributed by atoms with Crippen LogP contribution in [0.5, 0.6) is 0 Å². The Balaban J connectivity index is 1.84. The van der Waals surface area contributed by atoms with Crippen LogP contribution in [0.15, 0.2) is 24.3 Å². The van der Waals surface area contributed by atoms with Crippen molar-refractivity contribution in [2.75, 3.05) is 26.7 Å². The summed E-state index contributed by atoms with van der Waals surface area (Å²) in [7, 11) is 1.69. The highest BCUT2D eigenvalue weighted by atomic mass is 19.1. The van der Waals surface area contributed by atoms with Gasteiger partial charge >= 0.3 is 0 Å². The second kappa shape index (κ2) is 6.07. The van der Waals surface area contributed by atoms with E-state index in [-0.39, 0.29) is 24.1 Å². The van der Waals surface area contributed by atoms with Crippen molar-refractivity contribution in [1.29, 1.82) is 0 Å². The molecule has 0 spiro atoms. The number of benzene rings is 1. The van der Waals surface area contributed by atoms with Gasteiger partial charge in [-0.05, 0) is 18.1 Å². The van der Waals surface area contributed by atoms with E-state index in [0.29, 0.717) is 12.1 Å². The SMILES string of the molecule is COC1CCN(CC(=O)Cc2ccccc2F)C1. The van der Waals surface area contributed by atoms with Gasteiger partial charge in [0.25, 0.3) is 0 Å². The highest BCUT2D eigenvalue weighted by Crippen LogP contribution is 2.13. The molecule has 0 aliphatic carbocycles. The van der Waals surface area contributed by atoms with E-state index in [1.54, 1.807) is 25.3 Å². The Morgan fingerprint density at radius 2 is 2.28 bits per heavy atom. The molecule has 0 N–H and O–H groups in total. The van der Waals surface area contributed by atoms with Gasteiger partial charge in [0.1, 0.15) is 5.82 Å². The Kier molecular flexibility index (Phi) is 4.44. The number of Topliss-reactive ketones (excluding diaryl/α,β-unsaturated/α-hetero) is 1. The molecule has 18 heavy (non-hydrogen) atoms. The lowest BCUT2D eigenvalue weighted by Crippen LogP contribution is -2.30. The third-order valence-corrected chi connectivity index (χ3v) is 3.31. The average Bonchev–Trinajstić information content (AvgIpc) is 2.80. The van der Waals surface area contributed by atoms with E-state index in [1.807, 2.05) is 0 Å². The number of nitrogens with zero attached hydrogens (tertiary/aromatic N) is 1. The molecule has 3 nitrogen and oxygen atoms in total. The van der Waals surface area contributed by atoms with E-state index in [2.05, 4.69) is 4.90 Å². The number of hydrogen-bond donors (Lipinski definition) is 0. The van der Waals surface area contributed by atoms with E-state index >= 15 is 0 Å².